The largest absolute Gasteiger partial charge is 0.447 e. The predicted octanol–water partition coefficient (Wildman–Crippen LogP) is 2.33. The van der Waals surface area contributed by atoms with Gasteiger partial charge in [-0.3, -0.25) is 4.79 Å². The van der Waals surface area contributed by atoms with Crippen LogP contribution in [0.5, 0.6) is 0 Å². The van der Waals surface area contributed by atoms with E-state index in [0.29, 0.717) is 11.6 Å². The van der Waals surface area contributed by atoms with Crippen LogP contribution in [0.1, 0.15) is 5.56 Å². The molecule has 1 aliphatic heterocycles. The first-order chi connectivity index (χ1) is 8.16. The molecule has 0 atom stereocenters. The summed E-state index contributed by atoms with van der Waals surface area (Å²) in [5, 5.41) is 0.636. The van der Waals surface area contributed by atoms with E-state index in [1.54, 1.807) is 30.3 Å². The summed E-state index contributed by atoms with van der Waals surface area (Å²) in [4.78, 5) is 23.8. The second-order valence-corrected chi connectivity index (χ2v) is 3.93. The molecule has 0 aromatic heterocycles. The highest BCUT2D eigenvalue weighted by Crippen LogP contribution is 2.11. The number of carbonyl (C=O) groups is 2. The number of benzene rings is 1. The first-order valence-corrected chi connectivity index (χ1v) is 5.46. The van der Waals surface area contributed by atoms with Crippen LogP contribution in [-0.2, 0) is 9.53 Å². The van der Waals surface area contributed by atoms with Crippen LogP contribution in [-0.4, -0.2) is 30.1 Å². The zero-order valence-corrected chi connectivity index (χ0v) is 9.68. The maximum atomic E-state index is 11.6. The SMILES string of the molecule is O=C(/C=C/c1ccc(Cl)cc1)N1CCOC1=O. The van der Waals surface area contributed by atoms with Gasteiger partial charge in [0.2, 0.25) is 0 Å². The highest BCUT2D eigenvalue weighted by molar-refractivity contribution is 6.30. The van der Waals surface area contributed by atoms with Crippen LogP contribution in [0.25, 0.3) is 6.08 Å². The summed E-state index contributed by atoms with van der Waals surface area (Å²) in [6, 6.07) is 7.04. The molecule has 2 rings (SSSR count). The summed E-state index contributed by atoms with van der Waals surface area (Å²) >= 11 is 5.74. The summed E-state index contributed by atoms with van der Waals surface area (Å²) < 4.78 is 4.67. The van der Waals surface area contributed by atoms with Crippen molar-refractivity contribution in [1.29, 1.82) is 0 Å². The first kappa shape index (κ1) is 11.7. The Bertz CT molecular complexity index is 467. The summed E-state index contributed by atoms with van der Waals surface area (Å²) in [6.45, 7) is 0.571. The monoisotopic (exact) mass is 251 g/mol. The van der Waals surface area contributed by atoms with E-state index in [4.69, 9.17) is 11.6 Å². The highest BCUT2D eigenvalue weighted by atomic mass is 35.5. The molecule has 88 valence electrons. The van der Waals surface area contributed by atoms with E-state index in [0.717, 1.165) is 10.5 Å². The molecule has 0 radical (unpaired) electrons. The first-order valence-electron chi connectivity index (χ1n) is 5.09. The Kier molecular flexibility index (Phi) is 3.44. The van der Waals surface area contributed by atoms with E-state index in [9.17, 15) is 9.59 Å². The summed E-state index contributed by atoms with van der Waals surface area (Å²) in [5.41, 5.74) is 0.843. The minimum atomic E-state index is -0.587. The van der Waals surface area contributed by atoms with Gasteiger partial charge in [-0.25, -0.2) is 9.69 Å². The Hall–Kier alpha value is -1.81. The third-order valence-electron chi connectivity index (χ3n) is 2.32. The molecule has 4 nitrogen and oxygen atoms in total. The number of hydrogen-bond donors (Lipinski definition) is 0. The van der Waals surface area contributed by atoms with Crippen molar-refractivity contribution in [3.8, 4) is 0 Å². The van der Waals surface area contributed by atoms with Gasteiger partial charge < -0.3 is 4.74 Å². The smallest absolute Gasteiger partial charge is 0.416 e. The van der Waals surface area contributed by atoms with Crippen molar-refractivity contribution in [3.63, 3.8) is 0 Å². The van der Waals surface area contributed by atoms with Crippen LogP contribution in [0.15, 0.2) is 30.3 Å². The van der Waals surface area contributed by atoms with Crippen LogP contribution in [0.2, 0.25) is 5.02 Å². The molecule has 1 heterocycles. The molecule has 1 fully saturated rings. The lowest BCUT2D eigenvalue weighted by Gasteiger charge is -2.06. The van der Waals surface area contributed by atoms with E-state index < -0.39 is 6.09 Å². The van der Waals surface area contributed by atoms with E-state index in [-0.39, 0.29) is 12.5 Å². The average Bonchev–Trinajstić information content (AvgIpc) is 2.74. The molecule has 17 heavy (non-hydrogen) atoms. The van der Waals surface area contributed by atoms with Crippen LogP contribution in [0.4, 0.5) is 4.79 Å². The molecular formula is C12H10ClNO3. The lowest BCUT2D eigenvalue weighted by Crippen LogP contribution is -2.29. The van der Waals surface area contributed by atoms with Gasteiger partial charge in [0, 0.05) is 11.1 Å². The second kappa shape index (κ2) is 5.01. The highest BCUT2D eigenvalue weighted by Gasteiger charge is 2.26. The molecule has 0 saturated carbocycles. The van der Waals surface area contributed by atoms with Gasteiger partial charge in [-0.05, 0) is 23.8 Å². The van der Waals surface area contributed by atoms with Crippen molar-refractivity contribution >= 4 is 29.7 Å². The van der Waals surface area contributed by atoms with E-state index in [2.05, 4.69) is 4.74 Å². The fourth-order valence-electron chi connectivity index (χ4n) is 1.42. The summed E-state index contributed by atoms with van der Waals surface area (Å²) in [5.74, 6) is -0.373. The number of amides is 2. The quantitative estimate of drug-likeness (QED) is 0.758. The Morgan fingerprint density at radius 1 is 1.35 bits per heavy atom. The molecule has 1 aliphatic rings. The zero-order chi connectivity index (χ0) is 12.3. The molecule has 0 N–H and O–H groups in total. The third-order valence-corrected chi connectivity index (χ3v) is 2.57. The third kappa shape index (κ3) is 2.85. The fraction of sp³-hybridized carbons (Fsp3) is 0.167. The van der Waals surface area contributed by atoms with Crippen LogP contribution < -0.4 is 0 Å². The molecule has 2 amide bonds. The normalized spacial score (nSPS) is 15.4. The van der Waals surface area contributed by atoms with Crippen molar-refractivity contribution in [2.45, 2.75) is 0 Å². The van der Waals surface area contributed by atoms with Gasteiger partial charge in [0.1, 0.15) is 6.61 Å². The number of imide groups is 1. The molecule has 1 aromatic carbocycles. The Balaban J connectivity index is 2.03. The minimum absolute atomic E-state index is 0.263. The van der Waals surface area contributed by atoms with Crippen molar-refractivity contribution in [1.82, 2.24) is 4.90 Å². The zero-order valence-electron chi connectivity index (χ0n) is 8.93. The summed E-state index contributed by atoms with van der Waals surface area (Å²) in [7, 11) is 0. The Morgan fingerprint density at radius 2 is 2.06 bits per heavy atom. The topological polar surface area (TPSA) is 46.6 Å². The van der Waals surface area contributed by atoms with Gasteiger partial charge in [-0.2, -0.15) is 0 Å². The molecule has 5 heteroatoms. The number of rotatable bonds is 2. The van der Waals surface area contributed by atoms with Crippen LogP contribution >= 0.6 is 11.6 Å². The number of ether oxygens (including phenoxy) is 1. The summed E-state index contributed by atoms with van der Waals surface area (Å²) in [6.07, 6.45) is 2.39. The number of carbonyl (C=O) groups excluding carboxylic acids is 2. The van der Waals surface area contributed by atoms with E-state index in [1.807, 2.05) is 0 Å². The van der Waals surface area contributed by atoms with Gasteiger partial charge >= 0.3 is 6.09 Å². The van der Waals surface area contributed by atoms with Crippen molar-refractivity contribution in [2.75, 3.05) is 13.2 Å². The average molecular weight is 252 g/mol. The molecule has 1 saturated heterocycles. The van der Waals surface area contributed by atoms with Gasteiger partial charge in [0.15, 0.2) is 0 Å². The van der Waals surface area contributed by atoms with Crippen molar-refractivity contribution in [3.05, 3.63) is 40.9 Å². The molecule has 0 aliphatic carbocycles. The lowest BCUT2D eigenvalue weighted by molar-refractivity contribution is -0.122. The molecule has 0 unspecified atom stereocenters. The van der Waals surface area contributed by atoms with Crippen LogP contribution in [0.3, 0.4) is 0 Å². The Labute approximate surface area is 103 Å². The number of cyclic esters (lactones) is 1. The fourth-order valence-corrected chi connectivity index (χ4v) is 1.55. The van der Waals surface area contributed by atoms with Gasteiger partial charge in [-0.1, -0.05) is 23.7 Å². The molecule has 0 bridgehead atoms. The maximum absolute atomic E-state index is 11.6. The van der Waals surface area contributed by atoms with Gasteiger partial charge in [0.05, 0.1) is 6.54 Å². The molecular weight excluding hydrogens is 242 g/mol. The maximum Gasteiger partial charge on any atom is 0.416 e. The van der Waals surface area contributed by atoms with Crippen LogP contribution in [0, 0.1) is 0 Å². The molecule has 0 spiro atoms. The Morgan fingerprint density at radius 3 is 2.65 bits per heavy atom. The van der Waals surface area contributed by atoms with Crippen molar-refractivity contribution in [2.24, 2.45) is 0 Å². The predicted molar refractivity (Wildman–Crippen MR) is 63.5 cm³/mol. The van der Waals surface area contributed by atoms with Gasteiger partial charge in [0.25, 0.3) is 5.91 Å². The lowest BCUT2D eigenvalue weighted by atomic mass is 10.2. The number of halogens is 1. The molecule has 1 aromatic rings. The van der Waals surface area contributed by atoms with E-state index >= 15 is 0 Å². The van der Waals surface area contributed by atoms with Gasteiger partial charge in [-0.15, -0.1) is 0 Å². The standard InChI is InChI=1S/C12H10ClNO3/c13-10-4-1-9(2-5-10)3-6-11(15)14-7-8-17-12(14)16/h1-6H,7-8H2/b6-3+. The number of hydrogen-bond acceptors (Lipinski definition) is 3. The van der Waals surface area contributed by atoms with E-state index in [1.165, 1.54) is 6.08 Å². The van der Waals surface area contributed by atoms with Crippen molar-refractivity contribution < 1.29 is 14.3 Å². The number of nitrogens with zero attached hydrogens (tertiary/aromatic N) is 1. The minimum Gasteiger partial charge on any atom is -0.447 e. The second-order valence-electron chi connectivity index (χ2n) is 3.49.